The zero-order chi connectivity index (χ0) is 20.1. The predicted molar refractivity (Wildman–Crippen MR) is 109 cm³/mol. The normalized spacial score (nSPS) is 16.1. The molecule has 0 unspecified atom stereocenters. The Hall–Kier alpha value is -1.93. The number of ether oxygens (including phenoxy) is 1. The van der Waals surface area contributed by atoms with Crippen LogP contribution >= 0.6 is 11.6 Å². The van der Waals surface area contributed by atoms with Crippen LogP contribution in [0.15, 0.2) is 47.4 Å². The van der Waals surface area contributed by atoms with Crippen LogP contribution in [0.5, 0.6) is 5.75 Å². The van der Waals surface area contributed by atoms with E-state index in [0.29, 0.717) is 60.6 Å². The number of benzene rings is 2. The van der Waals surface area contributed by atoms with Crippen LogP contribution in [0.3, 0.4) is 0 Å². The molecule has 1 heterocycles. The Kier molecular flexibility index (Phi) is 6.72. The molecule has 1 fully saturated rings. The maximum Gasteiger partial charge on any atom is 0.243 e. The molecule has 1 aliphatic heterocycles. The highest BCUT2D eigenvalue weighted by Gasteiger charge is 2.28. The minimum Gasteiger partial charge on any atom is -0.491 e. The van der Waals surface area contributed by atoms with Crippen LogP contribution in [0.4, 0.5) is 0 Å². The molecule has 0 atom stereocenters. The summed E-state index contributed by atoms with van der Waals surface area (Å²) in [5.41, 5.74) is 1.54. The molecule has 150 valence electrons. The van der Waals surface area contributed by atoms with Gasteiger partial charge in [-0.1, -0.05) is 29.3 Å². The van der Waals surface area contributed by atoms with Gasteiger partial charge in [0.05, 0.1) is 9.92 Å². The van der Waals surface area contributed by atoms with Crippen LogP contribution in [0, 0.1) is 6.92 Å². The number of nitrogens with zero attached hydrogens (tertiary/aromatic N) is 2. The first kappa shape index (κ1) is 20.8. The Labute approximate surface area is 170 Å². The molecule has 0 radical (unpaired) electrons. The smallest absolute Gasteiger partial charge is 0.243 e. The second kappa shape index (κ2) is 9.05. The molecule has 0 aromatic heterocycles. The number of hydrogen-bond donors (Lipinski definition) is 0. The van der Waals surface area contributed by atoms with E-state index in [0.717, 1.165) is 11.8 Å². The Balaban J connectivity index is 1.49. The highest BCUT2D eigenvalue weighted by atomic mass is 35.5. The van der Waals surface area contributed by atoms with Crippen molar-refractivity contribution >= 4 is 27.9 Å². The molecule has 2 aromatic rings. The van der Waals surface area contributed by atoms with Crippen LogP contribution in [-0.2, 0) is 10.0 Å². The van der Waals surface area contributed by atoms with Gasteiger partial charge in [0.15, 0.2) is 0 Å². The molecule has 0 aliphatic carbocycles. The molecular formula is C20H23ClN2O4S. The lowest BCUT2D eigenvalue weighted by atomic mass is 10.2. The molecule has 8 heteroatoms. The van der Waals surface area contributed by atoms with E-state index < -0.39 is 10.0 Å². The topological polar surface area (TPSA) is 66.9 Å². The number of carbonyl (C=O) groups is 1. The number of sulfonamides is 1. The molecule has 0 amide bonds. The Morgan fingerprint density at radius 1 is 1.07 bits per heavy atom. The van der Waals surface area contributed by atoms with Crippen LogP contribution in [0.25, 0.3) is 0 Å². The Bertz CT molecular complexity index is 924. The second-order valence-electron chi connectivity index (χ2n) is 6.71. The van der Waals surface area contributed by atoms with Crippen molar-refractivity contribution in [3.05, 3.63) is 58.6 Å². The Morgan fingerprint density at radius 2 is 1.75 bits per heavy atom. The standard InChI is InChI=1S/C20H23ClN2O4S/c1-16-2-5-18(6-3-16)28(25,26)23-10-8-22(9-11-23)12-13-27-20-7-4-17(15-24)14-19(20)21/h2-7,14-15H,8-13H2,1H3. The molecular weight excluding hydrogens is 400 g/mol. The summed E-state index contributed by atoms with van der Waals surface area (Å²) in [6.45, 7) is 5.23. The first-order valence-electron chi connectivity index (χ1n) is 9.07. The molecule has 6 nitrogen and oxygen atoms in total. The number of carbonyl (C=O) groups excluding carboxylic acids is 1. The summed E-state index contributed by atoms with van der Waals surface area (Å²) in [5, 5.41) is 0.401. The van der Waals surface area contributed by atoms with E-state index >= 15 is 0 Å². The zero-order valence-corrected chi connectivity index (χ0v) is 17.2. The minimum absolute atomic E-state index is 0.336. The number of aryl methyl sites for hydroxylation is 1. The number of halogens is 1. The lowest BCUT2D eigenvalue weighted by Gasteiger charge is -2.33. The van der Waals surface area contributed by atoms with Gasteiger partial charge in [0, 0.05) is 38.3 Å². The highest BCUT2D eigenvalue weighted by Crippen LogP contribution is 2.25. The van der Waals surface area contributed by atoms with E-state index in [-0.39, 0.29) is 0 Å². The van der Waals surface area contributed by atoms with Gasteiger partial charge in [-0.25, -0.2) is 8.42 Å². The molecule has 3 rings (SSSR count). The van der Waals surface area contributed by atoms with E-state index in [2.05, 4.69) is 4.90 Å². The van der Waals surface area contributed by atoms with Crippen LogP contribution < -0.4 is 4.74 Å². The van der Waals surface area contributed by atoms with E-state index in [1.165, 1.54) is 4.31 Å². The van der Waals surface area contributed by atoms with Crippen LogP contribution in [0.1, 0.15) is 15.9 Å². The van der Waals surface area contributed by atoms with Gasteiger partial charge in [0.25, 0.3) is 0 Å². The van der Waals surface area contributed by atoms with Crippen molar-refractivity contribution in [2.24, 2.45) is 0 Å². The lowest BCUT2D eigenvalue weighted by molar-refractivity contribution is 0.112. The average molecular weight is 423 g/mol. The maximum absolute atomic E-state index is 12.7. The highest BCUT2D eigenvalue weighted by molar-refractivity contribution is 7.89. The summed E-state index contributed by atoms with van der Waals surface area (Å²) >= 11 is 6.10. The monoisotopic (exact) mass is 422 g/mol. The van der Waals surface area contributed by atoms with Crippen molar-refractivity contribution in [3.63, 3.8) is 0 Å². The van der Waals surface area contributed by atoms with Crippen molar-refractivity contribution < 1.29 is 17.9 Å². The molecule has 28 heavy (non-hydrogen) atoms. The Morgan fingerprint density at radius 3 is 2.36 bits per heavy atom. The molecule has 1 saturated heterocycles. The minimum atomic E-state index is -3.45. The number of piperazine rings is 1. The third kappa shape index (κ3) is 4.91. The fraction of sp³-hybridized carbons (Fsp3) is 0.350. The van der Waals surface area contributed by atoms with Gasteiger partial charge >= 0.3 is 0 Å². The van der Waals surface area contributed by atoms with Gasteiger partial charge in [-0.3, -0.25) is 9.69 Å². The summed E-state index contributed by atoms with van der Waals surface area (Å²) in [4.78, 5) is 13.2. The average Bonchev–Trinajstić information content (AvgIpc) is 2.70. The third-order valence-corrected chi connectivity index (χ3v) is 6.96. The van der Waals surface area contributed by atoms with E-state index in [4.69, 9.17) is 16.3 Å². The van der Waals surface area contributed by atoms with E-state index in [9.17, 15) is 13.2 Å². The zero-order valence-electron chi connectivity index (χ0n) is 15.7. The summed E-state index contributed by atoms with van der Waals surface area (Å²) in [6, 6.07) is 11.8. The SMILES string of the molecule is Cc1ccc(S(=O)(=O)N2CCN(CCOc3ccc(C=O)cc3Cl)CC2)cc1. The summed E-state index contributed by atoms with van der Waals surface area (Å²) in [7, 11) is -3.45. The number of rotatable bonds is 7. The first-order chi connectivity index (χ1) is 13.4. The van der Waals surface area contributed by atoms with Crippen molar-refractivity contribution in [3.8, 4) is 5.75 Å². The largest absolute Gasteiger partial charge is 0.491 e. The van der Waals surface area contributed by atoms with Gasteiger partial charge in [0.1, 0.15) is 18.6 Å². The molecule has 2 aromatic carbocycles. The number of aldehydes is 1. The lowest BCUT2D eigenvalue weighted by Crippen LogP contribution is -2.49. The molecule has 0 spiro atoms. The second-order valence-corrected chi connectivity index (χ2v) is 9.06. The van der Waals surface area contributed by atoms with Gasteiger partial charge in [-0.15, -0.1) is 0 Å². The van der Waals surface area contributed by atoms with Gasteiger partial charge in [-0.2, -0.15) is 4.31 Å². The first-order valence-corrected chi connectivity index (χ1v) is 10.9. The third-order valence-electron chi connectivity index (χ3n) is 4.75. The van der Waals surface area contributed by atoms with Crippen LogP contribution in [0.2, 0.25) is 5.02 Å². The maximum atomic E-state index is 12.7. The van der Waals surface area contributed by atoms with E-state index in [1.54, 1.807) is 30.3 Å². The molecule has 1 aliphatic rings. The van der Waals surface area contributed by atoms with Crippen molar-refractivity contribution in [1.82, 2.24) is 9.21 Å². The predicted octanol–water partition coefficient (Wildman–Crippen LogP) is 2.85. The summed E-state index contributed by atoms with van der Waals surface area (Å²) in [6.07, 6.45) is 0.736. The van der Waals surface area contributed by atoms with Gasteiger partial charge in [0.2, 0.25) is 10.0 Å². The number of hydrogen-bond acceptors (Lipinski definition) is 5. The van der Waals surface area contributed by atoms with Gasteiger partial charge < -0.3 is 4.74 Å². The fourth-order valence-corrected chi connectivity index (χ4v) is 4.71. The molecule has 0 N–H and O–H groups in total. The van der Waals surface area contributed by atoms with Crippen molar-refractivity contribution in [2.75, 3.05) is 39.3 Å². The summed E-state index contributed by atoms with van der Waals surface area (Å²) < 4.78 is 32.7. The molecule has 0 saturated carbocycles. The quantitative estimate of drug-likeness (QED) is 0.642. The van der Waals surface area contributed by atoms with E-state index in [1.807, 2.05) is 19.1 Å². The molecule has 0 bridgehead atoms. The van der Waals surface area contributed by atoms with Crippen LogP contribution in [-0.4, -0.2) is 63.2 Å². The van der Waals surface area contributed by atoms with Crippen molar-refractivity contribution in [1.29, 1.82) is 0 Å². The fourth-order valence-electron chi connectivity index (χ4n) is 3.04. The van der Waals surface area contributed by atoms with Gasteiger partial charge in [-0.05, 0) is 37.3 Å². The van der Waals surface area contributed by atoms with Crippen molar-refractivity contribution in [2.45, 2.75) is 11.8 Å². The summed E-state index contributed by atoms with van der Waals surface area (Å²) in [5.74, 6) is 0.535.